The van der Waals surface area contributed by atoms with Crippen LogP contribution in [0.3, 0.4) is 0 Å². The Bertz CT molecular complexity index is 1100. The summed E-state index contributed by atoms with van der Waals surface area (Å²) in [5, 5.41) is 3.87. The Morgan fingerprint density at radius 1 is 1.18 bits per heavy atom. The van der Waals surface area contributed by atoms with Crippen molar-refractivity contribution in [2.45, 2.75) is 18.9 Å². The summed E-state index contributed by atoms with van der Waals surface area (Å²) in [6, 6.07) is 11.3. The van der Waals surface area contributed by atoms with Crippen molar-refractivity contribution in [3.8, 4) is 5.75 Å². The Labute approximate surface area is 206 Å². The smallest absolute Gasteiger partial charge is 0.264 e. The number of hydrogen-bond donors (Lipinski definition) is 0. The third kappa shape index (κ3) is 5.84. The van der Waals surface area contributed by atoms with Crippen molar-refractivity contribution in [3.05, 3.63) is 74.4 Å². The number of ether oxygens (including phenoxy) is 2. The van der Waals surface area contributed by atoms with E-state index in [0.717, 1.165) is 12.0 Å². The van der Waals surface area contributed by atoms with Crippen LogP contribution in [-0.2, 0) is 16.0 Å². The number of fused-ring (bicyclic) bond motifs is 1. The van der Waals surface area contributed by atoms with Crippen molar-refractivity contribution < 1.29 is 23.5 Å². The average Bonchev–Trinajstić information content (AvgIpc) is 3.54. The van der Waals surface area contributed by atoms with Crippen molar-refractivity contribution in [2.24, 2.45) is 0 Å². The molecule has 3 heterocycles. The summed E-state index contributed by atoms with van der Waals surface area (Å²) >= 11 is 3.03. The zero-order valence-corrected chi connectivity index (χ0v) is 20.6. The van der Waals surface area contributed by atoms with E-state index in [-0.39, 0.29) is 36.8 Å². The van der Waals surface area contributed by atoms with Gasteiger partial charge in [-0.25, -0.2) is 4.39 Å². The van der Waals surface area contributed by atoms with E-state index in [1.165, 1.54) is 28.3 Å². The fourth-order valence-electron chi connectivity index (χ4n) is 4.07. The highest BCUT2D eigenvalue weighted by atomic mass is 32.1. The summed E-state index contributed by atoms with van der Waals surface area (Å²) in [7, 11) is 1.62. The largest absolute Gasteiger partial charge is 0.491 e. The number of amides is 2. The lowest BCUT2D eigenvalue weighted by Gasteiger charge is -2.37. The molecule has 0 fully saturated rings. The van der Waals surface area contributed by atoms with Crippen LogP contribution >= 0.6 is 22.7 Å². The van der Waals surface area contributed by atoms with Gasteiger partial charge in [-0.2, -0.15) is 0 Å². The van der Waals surface area contributed by atoms with E-state index < -0.39 is 0 Å². The van der Waals surface area contributed by atoms with Crippen LogP contribution in [0.15, 0.2) is 53.2 Å². The zero-order valence-electron chi connectivity index (χ0n) is 18.9. The highest BCUT2D eigenvalue weighted by Gasteiger charge is 2.33. The van der Waals surface area contributed by atoms with Crippen molar-refractivity contribution in [1.82, 2.24) is 9.80 Å². The van der Waals surface area contributed by atoms with Gasteiger partial charge in [-0.05, 0) is 53.4 Å². The average molecular weight is 503 g/mol. The topological polar surface area (TPSA) is 59.1 Å². The molecule has 1 aromatic carbocycles. The summed E-state index contributed by atoms with van der Waals surface area (Å²) < 4.78 is 24.6. The second kappa shape index (κ2) is 11.6. The molecule has 1 aliphatic rings. The SMILES string of the molecule is COCCCN(CC(=O)N1CCc2sccc2[C@@H]1COc1cccc(F)c1)C(=O)c1cccs1. The summed E-state index contributed by atoms with van der Waals surface area (Å²) in [4.78, 5) is 31.8. The number of hydrogen-bond acceptors (Lipinski definition) is 6. The maximum atomic E-state index is 13.6. The minimum Gasteiger partial charge on any atom is -0.491 e. The number of thiophene rings is 2. The van der Waals surface area contributed by atoms with Gasteiger partial charge in [0.2, 0.25) is 5.91 Å². The number of halogens is 1. The number of nitrogens with zero attached hydrogens (tertiary/aromatic N) is 2. The molecule has 0 N–H and O–H groups in total. The lowest BCUT2D eigenvalue weighted by Crippen LogP contribution is -2.48. The van der Waals surface area contributed by atoms with Gasteiger partial charge in [-0.3, -0.25) is 9.59 Å². The third-order valence-electron chi connectivity index (χ3n) is 5.74. The number of carbonyl (C=O) groups excluding carboxylic acids is 2. The second-order valence-corrected chi connectivity index (χ2v) is 9.92. The van der Waals surface area contributed by atoms with E-state index in [4.69, 9.17) is 9.47 Å². The first kappa shape index (κ1) is 24.4. The molecule has 0 radical (unpaired) electrons. The van der Waals surface area contributed by atoms with E-state index in [9.17, 15) is 14.0 Å². The summed E-state index contributed by atoms with van der Waals surface area (Å²) in [5.74, 6) is -0.236. The van der Waals surface area contributed by atoms with Gasteiger partial charge in [0.1, 0.15) is 24.7 Å². The molecule has 1 aliphatic heterocycles. The highest BCUT2D eigenvalue weighted by molar-refractivity contribution is 7.12. The molecule has 34 heavy (non-hydrogen) atoms. The molecular formula is C25H27FN2O4S2. The van der Waals surface area contributed by atoms with Crippen molar-refractivity contribution in [3.63, 3.8) is 0 Å². The van der Waals surface area contributed by atoms with E-state index in [0.29, 0.717) is 36.7 Å². The third-order valence-corrected chi connectivity index (χ3v) is 7.60. The van der Waals surface area contributed by atoms with Gasteiger partial charge in [0.15, 0.2) is 0 Å². The molecule has 9 heteroatoms. The van der Waals surface area contributed by atoms with Crippen LogP contribution in [0.4, 0.5) is 4.39 Å². The van der Waals surface area contributed by atoms with Crippen LogP contribution in [0.5, 0.6) is 5.75 Å². The van der Waals surface area contributed by atoms with Gasteiger partial charge in [-0.15, -0.1) is 22.7 Å². The van der Waals surface area contributed by atoms with Crippen LogP contribution in [0.2, 0.25) is 0 Å². The van der Waals surface area contributed by atoms with Crippen LogP contribution in [0, 0.1) is 5.82 Å². The number of rotatable bonds is 10. The summed E-state index contributed by atoms with van der Waals surface area (Å²) in [5.41, 5.74) is 1.05. The lowest BCUT2D eigenvalue weighted by atomic mass is 10.0. The fraction of sp³-hybridized carbons (Fsp3) is 0.360. The van der Waals surface area contributed by atoms with Gasteiger partial charge in [0.05, 0.1) is 10.9 Å². The molecule has 0 spiro atoms. The molecule has 0 saturated heterocycles. The first-order valence-electron chi connectivity index (χ1n) is 11.1. The molecule has 0 unspecified atom stereocenters. The second-order valence-electron chi connectivity index (χ2n) is 7.97. The van der Waals surface area contributed by atoms with Crippen molar-refractivity contribution in [2.75, 3.05) is 40.0 Å². The van der Waals surface area contributed by atoms with E-state index >= 15 is 0 Å². The van der Waals surface area contributed by atoms with Crippen LogP contribution < -0.4 is 4.74 Å². The highest BCUT2D eigenvalue weighted by Crippen LogP contribution is 2.34. The number of methoxy groups -OCH3 is 1. The van der Waals surface area contributed by atoms with E-state index in [2.05, 4.69) is 0 Å². The van der Waals surface area contributed by atoms with Gasteiger partial charge in [0, 0.05) is 37.7 Å². The molecular weight excluding hydrogens is 475 g/mol. The zero-order chi connectivity index (χ0) is 23.9. The Balaban J connectivity index is 1.50. The monoisotopic (exact) mass is 502 g/mol. The van der Waals surface area contributed by atoms with Gasteiger partial charge >= 0.3 is 0 Å². The van der Waals surface area contributed by atoms with Crippen molar-refractivity contribution >= 4 is 34.5 Å². The normalized spacial score (nSPS) is 15.1. The predicted octanol–water partition coefficient (Wildman–Crippen LogP) is 4.63. The van der Waals surface area contributed by atoms with Gasteiger partial charge in [0.25, 0.3) is 5.91 Å². The molecule has 3 aromatic rings. The molecule has 180 valence electrons. The first-order valence-corrected chi connectivity index (χ1v) is 12.9. The van der Waals surface area contributed by atoms with Crippen LogP contribution in [0.25, 0.3) is 0 Å². The maximum absolute atomic E-state index is 13.6. The Morgan fingerprint density at radius 3 is 2.82 bits per heavy atom. The molecule has 0 aliphatic carbocycles. The lowest BCUT2D eigenvalue weighted by molar-refractivity contribution is -0.135. The van der Waals surface area contributed by atoms with E-state index in [1.54, 1.807) is 46.4 Å². The molecule has 2 aromatic heterocycles. The predicted molar refractivity (Wildman–Crippen MR) is 131 cm³/mol. The molecule has 1 atom stereocenters. The quantitative estimate of drug-likeness (QED) is 0.379. The summed E-state index contributed by atoms with van der Waals surface area (Å²) in [6.45, 7) is 1.67. The Morgan fingerprint density at radius 2 is 2.06 bits per heavy atom. The molecule has 6 nitrogen and oxygen atoms in total. The maximum Gasteiger partial charge on any atom is 0.264 e. The minimum absolute atomic E-state index is 0.0175. The molecule has 4 rings (SSSR count). The fourth-order valence-corrected chi connectivity index (χ4v) is 5.69. The molecule has 2 amide bonds. The van der Waals surface area contributed by atoms with Crippen LogP contribution in [-0.4, -0.2) is 61.6 Å². The molecule has 0 saturated carbocycles. The Hall–Kier alpha value is -2.75. The van der Waals surface area contributed by atoms with Gasteiger partial charge < -0.3 is 19.3 Å². The first-order chi connectivity index (χ1) is 16.6. The van der Waals surface area contributed by atoms with Gasteiger partial charge in [-0.1, -0.05) is 12.1 Å². The minimum atomic E-state index is -0.371. The standard InChI is InChI=1S/C25H27FN2O4S2/c1-31-12-4-10-27(25(30)23-7-3-13-33-23)16-24(29)28-11-8-22-20(9-14-34-22)21(28)17-32-19-6-2-5-18(26)15-19/h2-3,5-7,9,13-15,21H,4,8,10-12,16-17H2,1H3/t21-/m0/s1. The van der Waals surface area contributed by atoms with Crippen LogP contribution in [0.1, 0.15) is 32.6 Å². The number of benzene rings is 1. The number of carbonyl (C=O) groups is 2. The van der Waals surface area contributed by atoms with E-state index in [1.807, 2.05) is 22.9 Å². The summed E-state index contributed by atoms with van der Waals surface area (Å²) in [6.07, 6.45) is 1.40. The molecule has 0 bridgehead atoms. The van der Waals surface area contributed by atoms with Crippen molar-refractivity contribution in [1.29, 1.82) is 0 Å². The Kier molecular flexibility index (Phi) is 8.31.